The van der Waals surface area contributed by atoms with E-state index in [-0.39, 0.29) is 30.7 Å². The lowest BCUT2D eigenvalue weighted by Gasteiger charge is -2.16. The number of rotatable bonds is 4. The van der Waals surface area contributed by atoms with Crippen molar-refractivity contribution in [2.75, 3.05) is 7.05 Å². The molecule has 0 radical (unpaired) electrons. The molecular formula is C9H15N3O3. The van der Waals surface area contributed by atoms with Crippen LogP contribution in [0, 0.1) is 0 Å². The first-order valence-electron chi connectivity index (χ1n) is 4.76. The normalized spacial score (nSPS) is 23.3. The number of likely N-dealkylation sites (tertiary alicyclic amines) is 1. The third-order valence-corrected chi connectivity index (χ3v) is 2.37. The quantitative estimate of drug-likeness (QED) is 0.561. The molecule has 1 heterocycles. The average Bonchev–Trinajstić information content (AvgIpc) is 2.32. The second-order valence-electron chi connectivity index (χ2n) is 3.79. The van der Waals surface area contributed by atoms with Gasteiger partial charge in [0.25, 0.3) is 0 Å². The van der Waals surface area contributed by atoms with Crippen molar-refractivity contribution in [3.05, 3.63) is 0 Å². The van der Waals surface area contributed by atoms with E-state index in [0.717, 1.165) is 4.90 Å². The van der Waals surface area contributed by atoms with E-state index in [0.29, 0.717) is 0 Å². The zero-order chi connectivity index (χ0) is 11.6. The van der Waals surface area contributed by atoms with Crippen molar-refractivity contribution in [2.45, 2.75) is 31.8 Å². The molecule has 1 fully saturated rings. The fourth-order valence-electron chi connectivity index (χ4n) is 1.59. The highest BCUT2D eigenvalue weighted by Crippen LogP contribution is 2.11. The average molecular weight is 213 g/mol. The summed E-state index contributed by atoms with van der Waals surface area (Å²) in [6.07, 6.45) is 0.306. The van der Waals surface area contributed by atoms with E-state index in [9.17, 15) is 14.4 Å². The van der Waals surface area contributed by atoms with Gasteiger partial charge in [-0.15, -0.1) is 0 Å². The molecule has 2 atom stereocenters. The summed E-state index contributed by atoms with van der Waals surface area (Å²) in [4.78, 5) is 34.3. The molecule has 0 aromatic rings. The van der Waals surface area contributed by atoms with Crippen molar-refractivity contribution in [3.8, 4) is 0 Å². The lowest BCUT2D eigenvalue weighted by atomic mass is 10.1. The number of nitrogens with zero attached hydrogens (tertiary/aromatic N) is 1. The molecule has 6 heteroatoms. The van der Waals surface area contributed by atoms with Crippen molar-refractivity contribution in [2.24, 2.45) is 5.73 Å². The van der Waals surface area contributed by atoms with Gasteiger partial charge in [0.1, 0.15) is 0 Å². The first-order chi connectivity index (χ1) is 6.91. The zero-order valence-electron chi connectivity index (χ0n) is 8.82. The lowest BCUT2D eigenvalue weighted by molar-refractivity contribution is -0.137. The minimum Gasteiger partial charge on any atom is -0.370 e. The Bertz CT molecular complexity index is 303. The Kier molecular flexibility index (Phi) is 3.41. The number of imide groups is 1. The minimum atomic E-state index is -0.517. The molecule has 0 saturated carbocycles. The predicted octanol–water partition coefficient (Wildman–Crippen LogP) is -1.40. The molecule has 0 bridgehead atoms. The molecule has 1 aliphatic rings. The van der Waals surface area contributed by atoms with Crippen LogP contribution < -0.4 is 11.1 Å². The molecule has 3 N–H and O–H groups in total. The fraction of sp³-hybridized carbons (Fsp3) is 0.667. The SMILES string of the molecule is CC(CC(N)=O)NC1CC(=O)N(C)C1=O. The van der Waals surface area contributed by atoms with Gasteiger partial charge in [0, 0.05) is 19.5 Å². The Hall–Kier alpha value is -1.43. The second kappa shape index (κ2) is 4.39. The summed E-state index contributed by atoms with van der Waals surface area (Å²) in [5.41, 5.74) is 5.02. The number of primary amides is 1. The zero-order valence-corrected chi connectivity index (χ0v) is 8.82. The first-order valence-corrected chi connectivity index (χ1v) is 4.76. The smallest absolute Gasteiger partial charge is 0.246 e. The van der Waals surface area contributed by atoms with E-state index in [2.05, 4.69) is 5.32 Å². The molecule has 1 rings (SSSR count). The third kappa shape index (κ3) is 2.76. The van der Waals surface area contributed by atoms with Crippen LogP contribution in [0.3, 0.4) is 0 Å². The van der Waals surface area contributed by atoms with Crippen LogP contribution in [-0.2, 0) is 14.4 Å². The summed E-state index contributed by atoms with van der Waals surface area (Å²) in [6.45, 7) is 1.75. The van der Waals surface area contributed by atoms with Crippen molar-refractivity contribution >= 4 is 17.7 Å². The first kappa shape index (κ1) is 11.6. The number of nitrogens with one attached hydrogen (secondary N) is 1. The predicted molar refractivity (Wildman–Crippen MR) is 52.6 cm³/mol. The summed E-state index contributed by atoms with van der Waals surface area (Å²) in [5.74, 6) is -0.889. The van der Waals surface area contributed by atoms with Gasteiger partial charge < -0.3 is 11.1 Å². The number of carbonyl (C=O) groups excluding carboxylic acids is 3. The van der Waals surface area contributed by atoms with Gasteiger partial charge in [-0.2, -0.15) is 0 Å². The van der Waals surface area contributed by atoms with E-state index < -0.39 is 11.9 Å². The van der Waals surface area contributed by atoms with Gasteiger partial charge in [-0.25, -0.2) is 0 Å². The molecule has 2 unspecified atom stereocenters. The topological polar surface area (TPSA) is 92.5 Å². The molecule has 6 nitrogen and oxygen atoms in total. The maximum atomic E-state index is 11.5. The van der Waals surface area contributed by atoms with Crippen molar-refractivity contribution < 1.29 is 14.4 Å². The Morgan fingerprint density at radius 2 is 2.27 bits per heavy atom. The van der Waals surface area contributed by atoms with E-state index in [1.165, 1.54) is 7.05 Å². The van der Waals surface area contributed by atoms with E-state index in [1.807, 2.05) is 0 Å². The van der Waals surface area contributed by atoms with E-state index in [1.54, 1.807) is 6.92 Å². The van der Waals surface area contributed by atoms with Crippen LogP contribution in [0.2, 0.25) is 0 Å². The molecule has 3 amide bonds. The van der Waals surface area contributed by atoms with Crippen LogP contribution in [0.15, 0.2) is 0 Å². The second-order valence-corrected chi connectivity index (χ2v) is 3.79. The number of amides is 3. The molecule has 1 saturated heterocycles. The van der Waals surface area contributed by atoms with E-state index in [4.69, 9.17) is 5.73 Å². The van der Waals surface area contributed by atoms with Crippen LogP contribution in [0.4, 0.5) is 0 Å². The van der Waals surface area contributed by atoms with Crippen molar-refractivity contribution in [1.82, 2.24) is 10.2 Å². The monoisotopic (exact) mass is 213 g/mol. The number of hydrogen-bond acceptors (Lipinski definition) is 4. The maximum absolute atomic E-state index is 11.5. The molecule has 0 aromatic heterocycles. The van der Waals surface area contributed by atoms with Crippen LogP contribution in [0.25, 0.3) is 0 Å². The van der Waals surface area contributed by atoms with Crippen LogP contribution in [0.1, 0.15) is 19.8 Å². The Balaban J connectivity index is 2.50. The number of carbonyl (C=O) groups is 3. The lowest BCUT2D eigenvalue weighted by Crippen LogP contribution is -2.43. The molecule has 1 aliphatic heterocycles. The van der Waals surface area contributed by atoms with Crippen LogP contribution in [-0.4, -0.2) is 41.8 Å². The fourth-order valence-corrected chi connectivity index (χ4v) is 1.59. The van der Waals surface area contributed by atoms with Crippen LogP contribution >= 0.6 is 0 Å². The summed E-state index contributed by atoms with van der Waals surface area (Å²) in [6, 6.07) is -0.715. The third-order valence-electron chi connectivity index (χ3n) is 2.37. The van der Waals surface area contributed by atoms with Crippen molar-refractivity contribution in [1.29, 1.82) is 0 Å². The van der Waals surface area contributed by atoms with Gasteiger partial charge in [-0.05, 0) is 6.92 Å². The Morgan fingerprint density at radius 1 is 1.67 bits per heavy atom. The maximum Gasteiger partial charge on any atom is 0.246 e. The number of nitrogens with two attached hydrogens (primary N) is 1. The van der Waals surface area contributed by atoms with Gasteiger partial charge in [0.2, 0.25) is 17.7 Å². The molecule has 84 valence electrons. The highest BCUT2D eigenvalue weighted by molar-refractivity contribution is 6.05. The summed E-state index contributed by atoms with van der Waals surface area (Å²) < 4.78 is 0. The standard InChI is InChI=1S/C9H15N3O3/c1-5(3-7(10)13)11-6-4-8(14)12(2)9(6)15/h5-6,11H,3-4H2,1-2H3,(H2,10,13). The largest absolute Gasteiger partial charge is 0.370 e. The van der Waals surface area contributed by atoms with Gasteiger partial charge in [-0.3, -0.25) is 19.3 Å². The highest BCUT2D eigenvalue weighted by Gasteiger charge is 2.36. The van der Waals surface area contributed by atoms with Gasteiger partial charge in [0.05, 0.1) is 12.5 Å². The van der Waals surface area contributed by atoms with Gasteiger partial charge in [0.15, 0.2) is 0 Å². The van der Waals surface area contributed by atoms with Gasteiger partial charge >= 0.3 is 0 Å². The van der Waals surface area contributed by atoms with Gasteiger partial charge in [-0.1, -0.05) is 0 Å². The summed E-state index contributed by atoms with van der Waals surface area (Å²) in [7, 11) is 1.45. The highest BCUT2D eigenvalue weighted by atomic mass is 16.2. The minimum absolute atomic E-state index is 0.151. The number of hydrogen-bond donors (Lipinski definition) is 2. The Morgan fingerprint density at radius 3 is 2.67 bits per heavy atom. The Labute approximate surface area is 87.8 Å². The molecule has 0 spiro atoms. The molecule has 0 aliphatic carbocycles. The van der Waals surface area contributed by atoms with Crippen molar-refractivity contribution in [3.63, 3.8) is 0 Å². The summed E-state index contributed by atoms with van der Waals surface area (Å²) in [5, 5.41) is 2.91. The van der Waals surface area contributed by atoms with Crippen LogP contribution in [0.5, 0.6) is 0 Å². The summed E-state index contributed by atoms with van der Waals surface area (Å²) >= 11 is 0. The number of likely N-dealkylation sites (N-methyl/N-ethyl adjacent to an activating group) is 1. The molecular weight excluding hydrogens is 198 g/mol. The van der Waals surface area contributed by atoms with E-state index >= 15 is 0 Å². The molecule has 15 heavy (non-hydrogen) atoms. The molecule has 0 aromatic carbocycles.